The molecule has 8 heteroatoms. The van der Waals surface area contributed by atoms with E-state index >= 15 is 0 Å². The van der Waals surface area contributed by atoms with Gasteiger partial charge in [0, 0.05) is 15.9 Å². The Morgan fingerprint density at radius 2 is 1.04 bits per heavy atom. The first kappa shape index (κ1) is 20.7. The summed E-state index contributed by atoms with van der Waals surface area (Å²) < 4.78 is 24.5. The number of rotatable bonds is 2. The van der Waals surface area contributed by atoms with Gasteiger partial charge >= 0.3 is 14.2 Å². The first-order valence-electron chi connectivity index (χ1n) is 9.15. The fourth-order valence-corrected chi connectivity index (χ4v) is 3.31. The second-order valence-electron chi connectivity index (χ2n) is 9.26. The molecule has 3 rings (SSSR count). The molecule has 0 bridgehead atoms. The Balaban J connectivity index is 2.04. The van der Waals surface area contributed by atoms with Gasteiger partial charge in [-0.3, -0.25) is 0 Å². The van der Waals surface area contributed by atoms with Crippen LogP contribution in [0.1, 0.15) is 61.0 Å². The predicted molar refractivity (Wildman–Crippen MR) is 108 cm³/mol. The van der Waals surface area contributed by atoms with Crippen LogP contribution in [0.2, 0.25) is 5.02 Å². The lowest BCUT2D eigenvalue weighted by Gasteiger charge is -2.32. The summed E-state index contributed by atoms with van der Waals surface area (Å²) in [7, 11) is -1.34. The van der Waals surface area contributed by atoms with Crippen molar-refractivity contribution in [3.63, 3.8) is 0 Å². The summed E-state index contributed by atoms with van der Waals surface area (Å²) in [6.07, 6.45) is 0. The molecule has 2 saturated heterocycles. The first-order chi connectivity index (χ1) is 12.2. The van der Waals surface area contributed by atoms with E-state index in [-0.39, 0.29) is 0 Å². The fourth-order valence-electron chi connectivity index (χ4n) is 3.02. The normalized spacial score (nSPS) is 24.9. The van der Waals surface area contributed by atoms with Crippen molar-refractivity contribution in [1.29, 1.82) is 5.26 Å². The third-order valence-electron chi connectivity index (χ3n) is 6.27. The summed E-state index contributed by atoms with van der Waals surface area (Å²) in [4.78, 5) is 0. The van der Waals surface area contributed by atoms with Crippen LogP contribution >= 0.6 is 11.6 Å². The second kappa shape index (κ2) is 6.23. The molecule has 0 N–H and O–H groups in total. The van der Waals surface area contributed by atoms with E-state index in [1.54, 1.807) is 12.1 Å². The van der Waals surface area contributed by atoms with E-state index < -0.39 is 36.6 Å². The van der Waals surface area contributed by atoms with Gasteiger partial charge in [-0.1, -0.05) is 11.6 Å². The number of hydrogen-bond donors (Lipinski definition) is 0. The van der Waals surface area contributed by atoms with Crippen molar-refractivity contribution in [3.05, 3.63) is 22.7 Å². The predicted octanol–water partition coefficient (Wildman–Crippen LogP) is 2.81. The molecule has 1 aromatic carbocycles. The molecule has 0 atom stereocenters. The van der Waals surface area contributed by atoms with Crippen LogP contribution in [0.3, 0.4) is 0 Å². The number of hydrogen-bond acceptors (Lipinski definition) is 5. The molecule has 5 nitrogen and oxygen atoms in total. The molecular formula is C19H26B2ClNO4. The van der Waals surface area contributed by atoms with Crippen molar-refractivity contribution in [2.45, 2.75) is 77.8 Å². The minimum atomic E-state index is -0.669. The lowest BCUT2D eigenvalue weighted by atomic mass is 9.70. The summed E-state index contributed by atoms with van der Waals surface area (Å²) in [5, 5.41) is 9.95. The highest BCUT2D eigenvalue weighted by Gasteiger charge is 2.55. The van der Waals surface area contributed by atoms with E-state index in [1.165, 1.54) is 0 Å². The molecule has 0 unspecified atom stereocenters. The highest BCUT2D eigenvalue weighted by atomic mass is 35.5. The van der Waals surface area contributed by atoms with E-state index in [9.17, 15) is 5.26 Å². The van der Waals surface area contributed by atoms with E-state index in [0.29, 0.717) is 21.5 Å². The smallest absolute Gasteiger partial charge is 0.399 e. The average molecular weight is 389 g/mol. The third kappa shape index (κ3) is 3.32. The lowest BCUT2D eigenvalue weighted by Crippen LogP contribution is -2.43. The van der Waals surface area contributed by atoms with E-state index in [1.807, 2.05) is 55.4 Å². The molecule has 2 aliphatic heterocycles. The maximum Gasteiger partial charge on any atom is 0.496 e. The summed E-state index contributed by atoms with van der Waals surface area (Å²) in [5.41, 5.74) is -0.350. The topological polar surface area (TPSA) is 60.7 Å². The van der Waals surface area contributed by atoms with Crippen molar-refractivity contribution in [2.24, 2.45) is 0 Å². The number of nitrogens with zero attached hydrogens (tertiary/aromatic N) is 1. The maximum atomic E-state index is 9.52. The zero-order chi connectivity index (χ0) is 20.4. The van der Waals surface area contributed by atoms with Gasteiger partial charge in [-0.2, -0.15) is 5.26 Å². The highest BCUT2D eigenvalue weighted by molar-refractivity contribution is 6.71. The zero-order valence-electron chi connectivity index (χ0n) is 17.3. The zero-order valence-corrected chi connectivity index (χ0v) is 18.0. The molecule has 0 aliphatic carbocycles. The van der Waals surface area contributed by atoms with Gasteiger partial charge in [0.15, 0.2) is 0 Å². The van der Waals surface area contributed by atoms with Crippen molar-refractivity contribution in [3.8, 4) is 6.07 Å². The minimum Gasteiger partial charge on any atom is -0.399 e. The molecule has 0 saturated carbocycles. The monoisotopic (exact) mass is 389 g/mol. The Bertz CT molecular complexity index is 727. The van der Waals surface area contributed by atoms with Gasteiger partial charge in [0.1, 0.15) is 0 Å². The van der Waals surface area contributed by atoms with Crippen LogP contribution in [0.15, 0.2) is 12.1 Å². The Kier molecular flexibility index (Phi) is 4.78. The molecule has 27 heavy (non-hydrogen) atoms. The van der Waals surface area contributed by atoms with Crippen molar-refractivity contribution < 1.29 is 18.6 Å². The Hall–Kier alpha value is -1.03. The quantitative estimate of drug-likeness (QED) is 0.728. The minimum absolute atomic E-state index is 0.436. The molecule has 0 spiro atoms. The van der Waals surface area contributed by atoms with Crippen LogP contribution in [0.4, 0.5) is 0 Å². The van der Waals surface area contributed by atoms with Gasteiger partial charge in [-0.05, 0) is 67.5 Å². The maximum absolute atomic E-state index is 9.52. The van der Waals surface area contributed by atoms with Gasteiger partial charge in [0.05, 0.1) is 34.0 Å². The van der Waals surface area contributed by atoms with Gasteiger partial charge in [0.2, 0.25) is 0 Å². The lowest BCUT2D eigenvalue weighted by molar-refractivity contribution is 0.00578. The molecule has 2 heterocycles. The largest absolute Gasteiger partial charge is 0.496 e. The molecule has 0 aromatic heterocycles. The Morgan fingerprint density at radius 3 is 1.30 bits per heavy atom. The molecule has 0 amide bonds. The third-order valence-corrected chi connectivity index (χ3v) is 6.71. The number of halogens is 1. The van der Waals surface area contributed by atoms with Crippen molar-refractivity contribution in [1.82, 2.24) is 0 Å². The van der Waals surface area contributed by atoms with E-state index in [0.717, 1.165) is 0 Å². The van der Waals surface area contributed by atoms with Gasteiger partial charge < -0.3 is 18.6 Å². The van der Waals surface area contributed by atoms with Crippen LogP contribution in [-0.4, -0.2) is 36.6 Å². The Morgan fingerprint density at radius 1 is 0.741 bits per heavy atom. The molecular weight excluding hydrogens is 363 g/mol. The highest BCUT2D eigenvalue weighted by Crippen LogP contribution is 2.38. The first-order valence-corrected chi connectivity index (χ1v) is 9.53. The summed E-state index contributed by atoms with van der Waals surface area (Å²) >= 11 is 6.74. The summed E-state index contributed by atoms with van der Waals surface area (Å²) in [6.45, 7) is 15.8. The van der Waals surface area contributed by atoms with Crippen molar-refractivity contribution in [2.75, 3.05) is 0 Å². The van der Waals surface area contributed by atoms with Crippen LogP contribution in [0.25, 0.3) is 0 Å². The van der Waals surface area contributed by atoms with Crippen LogP contribution in [0, 0.1) is 11.3 Å². The van der Waals surface area contributed by atoms with Crippen LogP contribution in [0.5, 0.6) is 0 Å². The van der Waals surface area contributed by atoms with E-state index in [2.05, 4.69) is 6.07 Å². The van der Waals surface area contributed by atoms with E-state index in [4.69, 9.17) is 30.2 Å². The summed E-state index contributed by atoms with van der Waals surface area (Å²) in [5.74, 6) is 0. The van der Waals surface area contributed by atoms with Gasteiger partial charge in [-0.25, -0.2) is 0 Å². The van der Waals surface area contributed by atoms with Crippen LogP contribution in [-0.2, 0) is 18.6 Å². The SMILES string of the molecule is CC1(C)OB(c2cc(C#N)cc(B3OC(C)(C)C(C)(C)O3)c2Cl)OC1(C)C. The molecule has 2 aliphatic rings. The fraction of sp³-hybridized carbons (Fsp3) is 0.632. The molecule has 144 valence electrons. The van der Waals surface area contributed by atoms with Gasteiger partial charge in [-0.15, -0.1) is 0 Å². The van der Waals surface area contributed by atoms with Gasteiger partial charge in [0.25, 0.3) is 0 Å². The summed E-state index contributed by atoms with van der Waals surface area (Å²) in [6, 6.07) is 5.60. The standard InChI is InChI=1S/C19H26B2ClNO4/c1-16(2)17(3,4)25-20(24-16)13-9-12(11-23)10-14(15(13)22)21-26-18(5,6)19(7,8)27-21/h9-10H,1-8H3. The Labute approximate surface area is 167 Å². The molecule has 1 aromatic rings. The average Bonchev–Trinajstić information content (AvgIpc) is 2.87. The molecule has 0 radical (unpaired) electrons. The van der Waals surface area contributed by atoms with Crippen LogP contribution < -0.4 is 10.9 Å². The van der Waals surface area contributed by atoms with Crippen molar-refractivity contribution >= 4 is 36.8 Å². The second-order valence-corrected chi connectivity index (χ2v) is 9.63. The number of nitriles is 1. The number of benzene rings is 1. The molecule has 2 fully saturated rings.